The molecule has 4 heteroatoms. The predicted molar refractivity (Wildman–Crippen MR) is 60.6 cm³/mol. The fourth-order valence-corrected chi connectivity index (χ4v) is 1.65. The van der Waals surface area contributed by atoms with Crippen molar-refractivity contribution in [1.29, 1.82) is 0 Å². The van der Waals surface area contributed by atoms with Gasteiger partial charge in [-0.15, -0.1) is 0 Å². The number of rotatable bonds is 4. The lowest BCUT2D eigenvalue weighted by molar-refractivity contribution is 0.599. The molecule has 2 heterocycles. The molecule has 15 heavy (non-hydrogen) atoms. The third-order valence-electron chi connectivity index (χ3n) is 2.52. The van der Waals surface area contributed by atoms with E-state index in [9.17, 15) is 0 Å². The van der Waals surface area contributed by atoms with Crippen LogP contribution in [0.5, 0.6) is 0 Å². The van der Waals surface area contributed by atoms with E-state index in [1.807, 2.05) is 16.8 Å². The van der Waals surface area contributed by atoms with Crippen molar-refractivity contribution in [2.24, 2.45) is 0 Å². The fraction of sp³-hybridized carbons (Fsp3) is 0.455. The van der Waals surface area contributed by atoms with E-state index in [2.05, 4.69) is 16.9 Å². The van der Waals surface area contributed by atoms with Crippen molar-refractivity contribution < 1.29 is 0 Å². The molecule has 0 saturated carbocycles. The molecule has 2 aliphatic rings. The summed E-state index contributed by atoms with van der Waals surface area (Å²) in [4.78, 5) is 8.50. The van der Waals surface area contributed by atoms with Gasteiger partial charge in [0, 0.05) is 18.9 Å². The first kappa shape index (κ1) is 9.96. The Morgan fingerprint density at radius 3 is 3.00 bits per heavy atom. The first-order valence-corrected chi connectivity index (χ1v) is 5.38. The maximum absolute atomic E-state index is 5.85. The number of fused-ring (bicyclic) bond motifs is 1. The predicted octanol–water partition coefficient (Wildman–Crippen LogP) is 2.16. The second-order valence-electron chi connectivity index (χ2n) is 3.71. The smallest absolute Gasteiger partial charge is 0.200 e. The van der Waals surface area contributed by atoms with E-state index >= 15 is 0 Å². The Morgan fingerprint density at radius 2 is 2.20 bits per heavy atom. The van der Waals surface area contributed by atoms with Gasteiger partial charge in [-0.3, -0.25) is 4.98 Å². The number of aromatic nitrogens is 3. The third kappa shape index (κ3) is 2.09. The van der Waals surface area contributed by atoms with Crippen LogP contribution in [0.3, 0.4) is 0 Å². The summed E-state index contributed by atoms with van der Waals surface area (Å²) >= 11 is 0. The Kier molecular flexibility index (Phi) is 2.85. The maximum Gasteiger partial charge on any atom is 0.200 e. The Balaban J connectivity index is 2.19. The first-order chi connectivity index (χ1) is 7.31. The molecule has 0 saturated heterocycles. The van der Waals surface area contributed by atoms with Gasteiger partial charge in [0.1, 0.15) is 5.69 Å². The molecule has 0 aliphatic carbocycles. The highest BCUT2D eigenvalue weighted by Gasteiger charge is 2.08. The van der Waals surface area contributed by atoms with Gasteiger partial charge in [0.05, 0.1) is 5.69 Å². The molecule has 2 rings (SSSR count). The van der Waals surface area contributed by atoms with E-state index in [-0.39, 0.29) is 0 Å². The van der Waals surface area contributed by atoms with Crippen LogP contribution in [0, 0.1) is 0 Å². The van der Waals surface area contributed by atoms with E-state index in [1.165, 1.54) is 12.8 Å². The van der Waals surface area contributed by atoms with E-state index in [1.54, 1.807) is 6.20 Å². The van der Waals surface area contributed by atoms with Gasteiger partial charge in [0.15, 0.2) is 0 Å². The average molecular weight is 204 g/mol. The summed E-state index contributed by atoms with van der Waals surface area (Å²) in [5, 5.41) is 0. The number of anilines is 1. The van der Waals surface area contributed by atoms with Gasteiger partial charge in [-0.05, 0) is 12.5 Å². The van der Waals surface area contributed by atoms with Gasteiger partial charge in [-0.2, -0.15) is 0 Å². The Bertz CT molecular complexity index is 407. The molecule has 2 N–H and O–H groups in total. The number of nitrogens with zero attached hydrogens (tertiary/aromatic N) is 3. The lowest BCUT2D eigenvalue weighted by atomic mass is 10.2. The first-order valence-electron chi connectivity index (χ1n) is 5.38. The summed E-state index contributed by atoms with van der Waals surface area (Å²) in [5.74, 6) is 0.576. The summed E-state index contributed by atoms with van der Waals surface area (Å²) in [6, 6.07) is 1.88. The third-order valence-corrected chi connectivity index (χ3v) is 2.52. The van der Waals surface area contributed by atoms with Crippen LogP contribution in [0.1, 0.15) is 26.2 Å². The average Bonchev–Trinajstić information content (AvgIpc) is 2.65. The van der Waals surface area contributed by atoms with Gasteiger partial charge >= 0.3 is 0 Å². The highest BCUT2D eigenvalue weighted by molar-refractivity contribution is 5.56. The fourth-order valence-electron chi connectivity index (χ4n) is 1.65. The SMILES string of the molecule is CCCCCn1cc2nccc-2nc1N. The number of aryl methyl sites for hydroxylation is 1. The largest absolute Gasteiger partial charge is 0.369 e. The summed E-state index contributed by atoms with van der Waals surface area (Å²) in [6.07, 6.45) is 7.31. The Labute approximate surface area is 89.5 Å². The summed E-state index contributed by atoms with van der Waals surface area (Å²) in [6.45, 7) is 3.11. The summed E-state index contributed by atoms with van der Waals surface area (Å²) < 4.78 is 1.98. The zero-order chi connectivity index (χ0) is 10.7. The lowest BCUT2D eigenvalue weighted by Gasteiger charge is -2.10. The number of unbranched alkanes of at least 4 members (excludes halogenated alkanes) is 2. The van der Waals surface area contributed by atoms with Crippen molar-refractivity contribution in [2.45, 2.75) is 32.7 Å². The molecule has 0 fully saturated rings. The van der Waals surface area contributed by atoms with Crippen LogP contribution < -0.4 is 5.73 Å². The molecule has 4 nitrogen and oxygen atoms in total. The van der Waals surface area contributed by atoms with Crippen LogP contribution in [0.4, 0.5) is 5.95 Å². The summed E-state index contributed by atoms with van der Waals surface area (Å²) in [7, 11) is 0. The quantitative estimate of drug-likeness (QED) is 0.776. The Morgan fingerprint density at radius 1 is 1.33 bits per heavy atom. The molecule has 80 valence electrons. The molecule has 0 bridgehead atoms. The van der Waals surface area contributed by atoms with Crippen LogP contribution in [0.15, 0.2) is 18.5 Å². The zero-order valence-electron chi connectivity index (χ0n) is 8.98. The van der Waals surface area contributed by atoms with E-state index < -0.39 is 0 Å². The van der Waals surface area contributed by atoms with Crippen molar-refractivity contribution in [1.82, 2.24) is 14.5 Å². The summed E-state index contributed by atoms with van der Waals surface area (Å²) in [5.41, 5.74) is 7.64. The van der Waals surface area contributed by atoms with E-state index in [0.29, 0.717) is 5.95 Å². The number of nitrogens with two attached hydrogens (primary N) is 1. The molecule has 0 aromatic rings. The number of hydrogen-bond donors (Lipinski definition) is 1. The normalized spacial score (nSPS) is 11.0. The van der Waals surface area contributed by atoms with Crippen LogP contribution in [0.2, 0.25) is 0 Å². The highest BCUT2D eigenvalue weighted by Crippen LogP contribution is 2.18. The molecular weight excluding hydrogens is 188 g/mol. The van der Waals surface area contributed by atoms with Crippen molar-refractivity contribution in [3.8, 4) is 11.4 Å². The standard InChI is InChI=1S/C11H16N4/c1-2-3-4-7-15-8-10-9(5-6-13-10)14-11(15)12/h5-6,8H,2-4,7H2,1H3,(H2,12,14). The molecule has 0 atom stereocenters. The van der Waals surface area contributed by atoms with Crippen LogP contribution in [-0.4, -0.2) is 14.5 Å². The van der Waals surface area contributed by atoms with Gasteiger partial charge in [-0.1, -0.05) is 19.8 Å². The van der Waals surface area contributed by atoms with E-state index in [0.717, 1.165) is 24.4 Å². The van der Waals surface area contributed by atoms with Gasteiger partial charge < -0.3 is 10.3 Å². The van der Waals surface area contributed by atoms with Gasteiger partial charge in [0.25, 0.3) is 0 Å². The van der Waals surface area contributed by atoms with Crippen molar-refractivity contribution in [3.63, 3.8) is 0 Å². The minimum Gasteiger partial charge on any atom is -0.369 e. The van der Waals surface area contributed by atoms with E-state index in [4.69, 9.17) is 5.73 Å². The molecule has 0 aromatic carbocycles. The maximum atomic E-state index is 5.85. The van der Waals surface area contributed by atoms with Crippen LogP contribution >= 0.6 is 0 Å². The minimum atomic E-state index is 0.576. The second kappa shape index (κ2) is 4.29. The molecule has 0 aromatic heterocycles. The van der Waals surface area contributed by atoms with Crippen molar-refractivity contribution in [3.05, 3.63) is 18.5 Å². The zero-order valence-corrected chi connectivity index (χ0v) is 8.98. The lowest BCUT2D eigenvalue weighted by Crippen LogP contribution is -2.09. The second-order valence-corrected chi connectivity index (χ2v) is 3.71. The molecular formula is C11H16N4. The minimum absolute atomic E-state index is 0.576. The van der Waals surface area contributed by atoms with Gasteiger partial charge in [-0.25, -0.2) is 4.98 Å². The van der Waals surface area contributed by atoms with Crippen molar-refractivity contribution in [2.75, 3.05) is 5.73 Å². The monoisotopic (exact) mass is 204 g/mol. The highest BCUT2D eigenvalue weighted by atomic mass is 15.1. The topological polar surface area (TPSA) is 56.7 Å². The number of nitrogen functional groups attached to an aromatic ring is 1. The Hall–Kier alpha value is -1.58. The molecule has 0 amide bonds. The van der Waals surface area contributed by atoms with Gasteiger partial charge in [0.2, 0.25) is 5.95 Å². The number of hydrogen-bond acceptors (Lipinski definition) is 3. The van der Waals surface area contributed by atoms with Crippen LogP contribution in [-0.2, 0) is 6.54 Å². The van der Waals surface area contributed by atoms with Crippen LogP contribution in [0.25, 0.3) is 11.4 Å². The molecule has 0 radical (unpaired) electrons. The molecule has 0 spiro atoms. The van der Waals surface area contributed by atoms with Crippen molar-refractivity contribution >= 4 is 5.95 Å². The molecule has 0 unspecified atom stereocenters. The molecule has 2 aliphatic heterocycles.